The Morgan fingerprint density at radius 3 is 1.21 bits per heavy atom. The zero-order valence-electron chi connectivity index (χ0n) is 31.0. The van der Waals surface area contributed by atoms with Crippen molar-refractivity contribution in [3.8, 4) is 56.6 Å². The van der Waals surface area contributed by atoms with Crippen LogP contribution < -0.4 is 4.90 Å². The standard InChI is InChI=1S/C51H32N4O3/c1-4-10-35(11-5-1)49-52-43-27-20-39(31-47(43)57-49)34-18-24-41(25-19-34)55(42-26-28-44-48(32-42)58-50(53-44)36-12-6-2-7-13-36)40-22-16-33(17-23-40)38-21-29-46-45(30-38)54-51(56-46)37-14-8-3-9-15-37/h1-32H. The summed E-state index contributed by atoms with van der Waals surface area (Å²) in [6.07, 6.45) is 0. The number of aromatic nitrogens is 3. The summed E-state index contributed by atoms with van der Waals surface area (Å²) < 4.78 is 18.6. The van der Waals surface area contributed by atoms with Crippen molar-refractivity contribution in [1.82, 2.24) is 15.0 Å². The first-order valence-corrected chi connectivity index (χ1v) is 19.1. The molecule has 0 aliphatic heterocycles. The highest BCUT2D eigenvalue weighted by atomic mass is 16.4. The van der Waals surface area contributed by atoms with Crippen molar-refractivity contribution in [1.29, 1.82) is 0 Å². The summed E-state index contributed by atoms with van der Waals surface area (Å²) in [6, 6.07) is 65.6. The molecule has 0 saturated heterocycles. The molecule has 0 bridgehead atoms. The van der Waals surface area contributed by atoms with Crippen LogP contribution in [-0.4, -0.2) is 15.0 Å². The minimum Gasteiger partial charge on any atom is -0.436 e. The van der Waals surface area contributed by atoms with Gasteiger partial charge in [0.05, 0.1) is 0 Å². The third kappa shape index (κ3) is 6.17. The van der Waals surface area contributed by atoms with E-state index in [0.29, 0.717) is 23.3 Å². The number of nitrogens with zero attached hydrogens (tertiary/aromatic N) is 4. The molecule has 0 N–H and O–H groups in total. The molecule has 3 heterocycles. The lowest BCUT2D eigenvalue weighted by atomic mass is 10.0. The average molecular weight is 749 g/mol. The van der Waals surface area contributed by atoms with Gasteiger partial charge in [-0.25, -0.2) is 15.0 Å². The number of hydrogen-bond acceptors (Lipinski definition) is 7. The van der Waals surface area contributed by atoms with Gasteiger partial charge in [0.2, 0.25) is 17.7 Å². The molecule has 0 spiro atoms. The average Bonchev–Trinajstić information content (AvgIpc) is 4.05. The van der Waals surface area contributed by atoms with Crippen molar-refractivity contribution in [2.24, 2.45) is 0 Å². The summed E-state index contributed by atoms with van der Waals surface area (Å²) in [4.78, 5) is 16.5. The lowest BCUT2D eigenvalue weighted by Gasteiger charge is -2.26. The van der Waals surface area contributed by atoms with E-state index in [1.165, 1.54) is 0 Å². The molecule has 11 rings (SSSR count). The van der Waals surface area contributed by atoms with Crippen LogP contribution in [0.2, 0.25) is 0 Å². The van der Waals surface area contributed by atoms with Crippen molar-refractivity contribution in [2.45, 2.75) is 0 Å². The molecule has 0 saturated carbocycles. The Morgan fingerprint density at radius 1 is 0.276 bits per heavy atom. The van der Waals surface area contributed by atoms with Crippen LogP contribution in [0.1, 0.15) is 0 Å². The molecule has 7 heteroatoms. The first-order chi connectivity index (χ1) is 28.7. The summed E-state index contributed by atoms with van der Waals surface area (Å²) in [5, 5.41) is 0. The Labute approximate surface area is 333 Å². The summed E-state index contributed by atoms with van der Waals surface area (Å²) in [5.74, 6) is 1.81. The number of rotatable bonds is 8. The highest BCUT2D eigenvalue weighted by Gasteiger charge is 2.18. The fraction of sp³-hybridized carbons (Fsp3) is 0. The maximum atomic E-state index is 6.34. The van der Waals surface area contributed by atoms with Crippen LogP contribution in [0.15, 0.2) is 207 Å². The van der Waals surface area contributed by atoms with Crippen LogP contribution in [0.3, 0.4) is 0 Å². The molecule has 3 aromatic heterocycles. The van der Waals surface area contributed by atoms with Gasteiger partial charge in [-0.05, 0) is 119 Å². The molecule has 0 aliphatic rings. The highest BCUT2D eigenvalue weighted by molar-refractivity contribution is 5.88. The second-order valence-electron chi connectivity index (χ2n) is 14.1. The number of anilines is 3. The van der Waals surface area contributed by atoms with Crippen LogP contribution in [0.25, 0.3) is 89.9 Å². The maximum Gasteiger partial charge on any atom is 0.227 e. The van der Waals surface area contributed by atoms with E-state index < -0.39 is 0 Å². The van der Waals surface area contributed by atoms with E-state index in [1.807, 2.05) is 109 Å². The first-order valence-electron chi connectivity index (χ1n) is 19.1. The molecule has 0 aliphatic carbocycles. The van der Waals surface area contributed by atoms with E-state index in [2.05, 4.69) is 89.8 Å². The van der Waals surface area contributed by atoms with Gasteiger partial charge in [-0.15, -0.1) is 0 Å². The van der Waals surface area contributed by atoms with E-state index in [-0.39, 0.29) is 0 Å². The Bertz CT molecular complexity index is 3050. The number of hydrogen-bond donors (Lipinski definition) is 0. The van der Waals surface area contributed by atoms with E-state index in [1.54, 1.807) is 0 Å². The Morgan fingerprint density at radius 2 is 0.672 bits per heavy atom. The van der Waals surface area contributed by atoms with Gasteiger partial charge in [-0.3, -0.25) is 0 Å². The lowest BCUT2D eigenvalue weighted by molar-refractivity contribution is 0.619. The van der Waals surface area contributed by atoms with Gasteiger partial charge < -0.3 is 18.2 Å². The van der Waals surface area contributed by atoms with Crippen molar-refractivity contribution < 1.29 is 13.3 Å². The predicted molar refractivity (Wildman–Crippen MR) is 231 cm³/mol. The summed E-state index contributed by atoms with van der Waals surface area (Å²) in [6.45, 7) is 0. The van der Waals surface area contributed by atoms with Crippen LogP contribution in [-0.2, 0) is 0 Å². The molecule has 0 atom stereocenters. The van der Waals surface area contributed by atoms with Gasteiger partial charge in [0.15, 0.2) is 16.7 Å². The summed E-state index contributed by atoms with van der Waals surface area (Å²) in [5.41, 5.74) is 14.6. The van der Waals surface area contributed by atoms with Crippen LogP contribution in [0, 0.1) is 0 Å². The summed E-state index contributed by atoms with van der Waals surface area (Å²) >= 11 is 0. The third-order valence-electron chi connectivity index (χ3n) is 10.4. The molecule has 7 nitrogen and oxygen atoms in total. The van der Waals surface area contributed by atoms with Gasteiger partial charge in [0.25, 0.3) is 0 Å². The smallest absolute Gasteiger partial charge is 0.227 e. The quantitative estimate of drug-likeness (QED) is 0.153. The van der Waals surface area contributed by atoms with Crippen molar-refractivity contribution in [3.05, 3.63) is 194 Å². The number of fused-ring (bicyclic) bond motifs is 3. The second-order valence-corrected chi connectivity index (χ2v) is 14.1. The molecule has 0 unspecified atom stereocenters. The molecule has 8 aromatic carbocycles. The molecule has 11 aromatic rings. The van der Waals surface area contributed by atoms with Gasteiger partial charge >= 0.3 is 0 Å². The van der Waals surface area contributed by atoms with Gasteiger partial charge in [-0.1, -0.05) is 91.0 Å². The van der Waals surface area contributed by atoms with Crippen molar-refractivity contribution >= 4 is 50.4 Å². The third-order valence-corrected chi connectivity index (χ3v) is 10.4. The molecular formula is C51H32N4O3. The Balaban J connectivity index is 0.948. The zero-order chi connectivity index (χ0) is 38.4. The van der Waals surface area contributed by atoms with Gasteiger partial charge in [0, 0.05) is 39.8 Å². The largest absolute Gasteiger partial charge is 0.436 e. The van der Waals surface area contributed by atoms with Crippen LogP contribution >= 0.6 is 0 Å². The predicted octanol–water partition coefficient (Wildman–Crippen LogP) is 13.9. The zero-order valence-corrected chi connectivity index (χ0v) is 31.0. The van der Waals surface area contributed by atoms with Crippen LogP contribution in [0.4, 0.5) is 17.1 Å². The minimum atomic E-state index is 0.590. The van der Waals surface area contributed by atoms with E-state index >= 15 is 0 Å². The minimum absolute atomic E-state index is 0.590. The first kappa shape index (κ1) is 33.3. The highest BCUT2D eigenvalue weighted by Crippen LogP contribution is 2.39. The number of oxazole rings is 3. The fourth-order valence-corrected chi connectivity index (χ4v) is 7.43. The van der Waals surface area contributed by atoms with E-state index in [9.17, 15) is 0 Å². The number of benzene rings is 8. The van der Waals surface area contributed by atoms with E-state index in [4.69, 9.17) is 28.2 Å². The maximum absolute atomic E-state index is 6.34. The molecule has 0 amide bonds. The normalized spacial score (nSPS) is 11.4. The van der Waals surface area contributed by atoms with E-state index in [0.717, 1.165) is 83.7 Å². The topological polar surface area (TPSA) is 81.3 Å². The SMILES string of the molecule is c1ccc(-c2nc3cc(-c4ccc(N(c5ccc(-c6ccc7nc(-c8ccccc8)oc7c6)cc5)c5ccc6nc(-c7ccccc7)oc6c5)cc4)ccc3o2)cc1. The lowest BCUT2D eigenvalue weighted by Crippen LogP contribution is -2.09. The monoisotopic (exact) mass is 748 g/mol. The molecule has 58 heavy (non-hydrogen) atoms. The molecule has 0 radical (unpaired) electrons. The van der Waals surface area contributed by atoms with Gasteiger partial charge in [-0.2, -0.15) is 0 Å². The van der Waals surface area contributed by atoms with Gasteiger partial charge in [0.1, 0.15) is 16.6 Å². The summed E-state index contributed by atoms with van der Waals surface area (Å²) in [7, 11) is 0. The Hall–Kier alpha value is -8.03. The molecule has 0 fully saturated rings. The van der Waals surface area contributed by atoms with Crippen LogP contribution in [0.5, 0.6) is 0 Å². The fourth-order valence-electron chi connectivity index (χ4n) is 7.43. The van der Waals surface area contributed by atoms with Crippen molar-refractivity contribution in [3.63, 3.8) is 0 Å². The Kier molecular flexibility index (Phi) is 8.00. The van der Waals surface area contributed by atoms with Crippen molar-refractivity contribution in [2.75, 3.05) is 4.90 Å². The molecule has 274 valence electrons. The second kappa shape index (κ2) is 13.9. The molecular weight excluding hydrogens is 717 g/mol.